The van der Waals surface area contributed by atoms with Crippen LogP contribution in [0.3, 0.4) is 0 Å². The summed E-state index contributed by atoms with van der Waals surface area (Å²) in [4.78, 5) is 19.5. The molecule has 1 aliphatic heterocycles. The van der Waals surface area contributed by atoms with Crippen LogP contribution in [-0.2, 0) is 0 Å². The number of fused-ring (bicyclic) bond motifs is 1. The number of amides is 1. The fourth-order valence-corrected chi connectivity index (χ4v) is 3.76. The zero-order valence-electron chi connectivity index (χ0n) is 15.1. The summed E-state index contributed by atoms with van der Waals surface area (Å²) in [6.45, 7) is 2.67. The maximum absolute atomic E-state index is 13.3. The van der Waals surface area contributed by atoms with E-state index in [-0.39, 0.29) is 11.9 Å². The number of piperidine rings is 1. The quantitative estimate of drug-likeness (QED) is 0.697. The molecule has 1 aromatic carbocycles. The monoisotopic (exact) mass is 350 g/mol. The van der Waals surface area contributed by atoms with Crippen molar-refractivity contribution in [3.05, 3.63) is 59.6 Å². The first kappa shape index (κ1) is 16.6. The van der Waals surface area contributed by atoms with Crippen molar-refractivity contribution in [2.75, 3.05) is 13.7 Å². The summed E-state index contributed by atoms with van der Waals surface area (Å²) in [6.07, 6.45) is 6.68. The van der Waals surface area contributed by atoms with E-state index in [0.29, 0.717) is 11.3 Å². The van der Waals surface area contributed by atoms with Crippen molar-refractivity contribution in [3.63, 3.8) is 0 Å². The number of pyridine rings is 1. The highest BCUT2D eigenvalue weighted by molar-refractivity contribution is 5.99. The molecular formula is C21H22N2O3. The molecule has 1 aliphatic rings. The molecule has 1 amide bonds. The summed E-state index contributed by atoms with van der Waals surface area (Å²) < 4.78 is 11.2. The van der Waals surface area contributed by atoms with Gasteiger partial charge in [-0.3, -0.25) is 9.78 Å². The van der Waals surface area contributed by atoms with E-state index in [0.717, 1.165) is 48.1 Å². The van der Waals surface area contributed by atoms with E-state index in [1.54, 1.807) is 13.3 Å². The van der Waals surface area contributed by atoms with Crippen LogP contribution in [0.4, 0.5) is 0 Å². The third-order valence-electron chi connectivity index (χ3n) is 5.17. The van der Waals surface area contributed by atoms with Crippen LogP contribution in [-0.4, -0.2) is 29.4 Å². The molecule has 1 fully saturated rings. The minimum Gasteiger partial charge on any atom is -0.497 e. The fourth-order valence-electron chi connectivity index (χ4n) is 3.76. The number of likely N-dealkylation sites (tertiary alicyclic amines) is 1. The van der Waals surface area contributed by atoms with Gasteiger partial charge in [0.1, 0.15) is 11.3 Å². The van der Waals surface area contributed by atoms with Crippen LogP contribution in [0.1, 0.15) is 47.0 Å². The zero-order chi connectivity index (χ0) is 18.1. The zero-order valence-corrected chi connectivity index (χ0v) is 15.1. The molecule has 5 nitrogen and oxygen atoms in total. The Bertz CT molecular complexity index is 933. The lowest BCUT2D eigenvalue weighted by Crippen LogP contribution is -2.38. The first-order valence-electron chi connectivity index (χ1n) is 8.97. The van der Waals surface area contributed by atoms with Gasteiger partial charge in [-0.2, -0.15) is 0 Å². The smallest absolute Gasteiger partial charge is 0.290 e. The summed E-state index contributed by atoms with van der Waals surface area (Å²) in [6, 6.07) is 9.67. The molecule has 1 atom stereocenters. The number of aryl methyl sites for hydroxylation is 1. The molecule has 26 heavy (non-hydrogen) atoms. The Morgan fingerprint density at radius 2 is 2.19 bits per heavy atom. The van der Waals surface area contributed by atoms with Crippen LogP contribution in [0.25, 0.3) is 11.0 Å². The second-order valence-electron chi connectivity index (χ2n) is 6.71. The highest BCUT2D eigenvalue weighted by Gasteiger charge is 2.32. The van der Waals surface area contributed by atoms with Crippen molar-refractivity contribution in [3.8, 4) is 5.75 Å². The van der Waals surface area contributed by atoms with Gasteiger partial charge in [-0.05, 0) is 49.9 Å². The number of hydrogen-bond acceptors (Lipinski definition) is 4. The molecule has 1 saturated heterocycles. The first-order valence-corrected chi connectivity index (χ1v) is 8.97. The van der Waals surface area contributed by atoms with Crippen LogP contribution >= 0.6 is 0 Å². The van der Waals surface area contributed by atoms with Gasteiger partial charge in [0.05, 0.1) is 13.2 Å². The second-order valence-corrected chi connectivity index (χ2v) is 6.71. The minimum absolute atomic E-state index is 0.0482. The van der Waals surface area contributed by atoms with E-state index in [1.165, 1.54) is 0 Å². The molecule has 3 heterocycles. The van der Waals surface area contributed by atoms with Crippen LogP contribution in [0.5, 0.6) is 5.75 Å². The normalized spacial score (nSPS) is 17.5. The fraction of sp³-hybridized carbons (Fsp3) is 0.333. The van der Waals surface area contributed by atoms with Crippen molar-refractivity contribution in [2.45, 2.75) is 32.2 Å². The lowest BCUT2D eigenvalue weighted by atomic mass is 9.96. The minimum atomic E-state index is -0.0498. The number of furan rings is 1. The third-order valence-corrected chi connectivity index (χ3v) is 5.17. The summed E-state index contributed by atoms with van der Waals surface area (Å²) in [5.74, 6) is 1.09. The molecule has 0 radical (unpaired) electrons. The molecule has 3 aromatic rings. The van der Waals surface area contributed by atoms with Crippen LogP contribution in [0.15, 0.2) is 47.1 Å². The summed E-state index contributed by atoms with van der Waals surface area (Å²) in [7, 11) is 1.62. The largest absolute Gasteiger partial charge is 0.497 e. The molecule has 1 unspecified atom stereocenters. The van der Waals surface area contributed by atoms with Gasteiger partial charge in [-0.15, -0.1) is 0 Å². The van der Waals surface area contributed by atoms with Crippen molar-refractivity contribution >= 4 is 16.9 Å². The summed E-state index contributed by atoms with van der Waals surface area (Å²) in [5.41, 5.74) is 2.64. The topological polar surface area (TPSA) is 55.6 Å². The third kappa shape index (κ3) is 2.83. The van der Waals surface area contributed by atoms with Crippen LogP contribution in [0.2, 0.25) is 0 Å². The molecule has 0 aliphatic carbocycles. The van der Waals surface area contributed by atoms with Gasteiger partial charge in [0.25, 0.3) is 5.91 Å². The highest BCUT2D eigenvalue weighted by atomic mass is 16.5. The standard InChI is InChI=1S/C21H22N2O3/c1-14-17-9-8-16(25-2)12-19(17)26-20(14)21(24)23-11-4-3-7-18(23)15-6-5-10-22-13-15/h5-6,8-10,12-13,18H,3-4,7,11H2,1-2H3. The van der Waals surface area contributed by atoms with E-state index in [2.05, 4.69) is 4.98 Å². The number of nitrogens with zero attached hydrogens (tertiary/aromatic N) is 2. The average Bonchev–Trinajstić information content (AvgIpc) is 3.04. The van der Waals surface area contributed by atoms with E-state index >= 15 is 0 Å². The number of methoxy groups -OCH3 is 1. The number of ether oxygens (including phenoxy) is 1. The van der Waals surface area contributed by atoms with Gasteiger partial charge in [-0.25, -0.2) is 0 Å². The molecule has 5 heteroatoms. The van der Waals surface area contributed by atoms with E-state index in [1.807, 2.05) is 48.4 Å². The Kier molecular flexibility index (Phi) is 4.37. The molecule has 0 bridgehead atoms. The first-order chi connectivity index (χ1) is 12.7. The Labute approximate surface area is 152 Å². The molecule has 0 saturated carbocycles. The maximum Gasteiger partial charge on any atom is 0.290 e. The molecular weight excluding hydrogens is 328 g/mol. The second kappa shape index (κ2) is 6.83. The van der Waals surface area contributed by atoms with Crippen molar-refractivity contribution in [1.29, 1.82) is 0 Å². The number of rotatable bonds is 3. The number of carbonyl (C=O) groups excluding carboxylic acids is 1. The Morgan fingerprint density at radius 1 is 1.31 bits per heavy atom. The van der Waals surface area contributed by atoms with Crippen molar-refractivity contribution in [2.24, 2.45) is 0 Å². The predicted octanol–water partition coefficient (Wildman–Crippen LogP) is 4.51. The summed E-state index contributed by atoms with van der Waals surface area (Å²) in [5, 5.41) is 0.948. The van der Waals surface area contributed by atoms with Gasteiger partial charge in [-0.1, -0.05) is 6.07 Å². The van der Waals surface area contributed by atoms with Crippen molar-refractivity contribution < 1.29 is 13.9 Å². The van der Waals surface area contributed by atoms with E-state index in [4.69, 9.17) is 9.15 Å². The van der Waals surface area contributed by atoms with Gasteiger partial charge in [0, 0.05) is 36.0 Å². The maximum atomic E-state index is 13.3. The van der Waals surface area contributed by atoms with Crippen LogP contribution in [0, 0.1) is 6.92 Å². The molecule has 4 rings (SSSR count). The number of aromatic nitrogens is 1. The van der Waals surface area contributed by atoms with Crippen LogP contribution < -0.4 is 4.74 Å². The Balaban J connectivity index is 1.71. The molecule has 2 aromatic heterocycles. The van der Waals surface area contributed by atoms with Gasteiger partial charge >= 0.3 is 0 Å². The van der Waals surface area contributed by atoms with E-state index in [9.17, 15) is 4.79 Å². The Morgan fingerprint density at radius 3 is 2.96 bits per heavy atom. The Hall–Kier alpha value is -2.82. The van der Waals surface area contributed by atoms with Gasteiger partial charge in [0.15, 0.2) is 5.76 Å². The van der Waals surface area contributed by atoms with Gasteiger partial charge in [0.2, 0.25) is 0 Å². The van der Waals surface area contributed by atoms with Crippen molar-refractivity contribution in [1.82, 2.24) is 9.88 Å². The SMILES string of the molecule is COc1ccc2c(C)c(C(=O)N3CCCCC3c3cccnc3)oc2c1. The molecule has 134 valence electrons. The lowest BCUT2D eigenvalue weighted by Gasteiger charge is -2.35. The number of hydrogen-bond donors (Lipinski definition) is 0. The molecule has 0 N–H and O–H groups in total. The molecule has 0 spiro atoms. The van der Waals surface area contributed by atoms with Gasteiger partial charge < -0.3 is 14.1 Å². The van der Waals surface area contributed by atoms with E-state index < -0.39 is 0 Å². The number of carbonyl (C=O) groups is 1. The predicted molar refractivity (Wildman–Crippen MR) is 99.4 cm³/mol. The summed E-state index contributed by atoms with van der Waals surface area (Å²) >= 11 is 0. The average molecular weight is 350 g/mol. The number of benzene rings is 1. The lowest BCUT2D eigenvalue weighted by molar-refractivity contribution is 0.0580. The highest BCUT2D eigenvalue weighted by Crippen LogP contribution is 2.34.